The van der Waals surface area contributed by atoms with E-state index in [0.717, 1.165) is 49.9 Å². The molecule has 0 saturated heterocycles. The highest BCUT2D eigenvalue weighted by molar-refractivity contribution is 6.09. The van der Waals surface area contributed by atoms with Gasteiger partial charge in [-0.05, 0) is 111 Å². The Morgan fingerprint density at radius 1 is 0.490 bits per heavy atom. The third-order valence-electron chi connectivity index (χ3n) is 10.7. The maximum atomic E-state index is 9.04. The minimum atomic E-state index is -0.417. The molecular weight excluding hydrogens is 617 g/mol. The van der Waals surface area contributed by atoms with Crippen LogP contribution in [0, 0.1) is 0 Å². The van der Waals surface area contributed by atoms with Crippen LogP contribution in [0.3, 0.4) is 0 Å². The normalized spacial score (nSPS) is 14.4. The van der Waals surface area contributed by atoms with E-state index in [0.29, 0.717) is 11.4 Å². The molecule has 0 aliphatic heterocycles. The lowest BCUT2D eigenvalue weighted by Crippen LogP contribution is -2.17. The summed E-state index contributed by atoms with van der Waals surface area (Å²) >= 11 is 0. The van der Waals surface area contributed by atoms with E-state index in [-0.39, 0.29) is 29.9 Å². The molecule has 0 amide bonds. The molecule has 242 valence electrons. The number of rotatable bonds is 5. The van der Waals surface area contributed by atoms with Gasteiger partial charge in [0.25, 0.3) is 0 Å². The minimum Gasteiger partial charge on any atom is -0.310 e. The first-order valence-electron chi connectivity index (χ1n) is 19.9. The zero-order valence-electron chi connectivity index (χ0n) is 33.3. The number of para-hydroxylation sites is 3. The van der Waals surface area contributed by atoms with Crippen LogP contribution in [0.15, 0.2) is 182 Å². The highest BCUT2D eigenvalue weighted by Gasteiger charge is 2.36. The van der Waals surface area contributed by atoms with Gasteiger partial charge in [-0.2, -0.15) is 0 Å². The van der Waals surface area contributed by atoms with E-state index in [1.165, 1.54) is 21.7 Å². The summed E-state index contributed by atoms with van der Waals surface area (Å²) in [5.74, 6) is 0. The summed E-state index contributed by atoms with van der Waals surface area (Å²) in [4.78, 5) is 1.81. The molecule has 0 radical (unpaired) electrons. The van der Waals surface area contributed by atoms with E-state index in [1.807, 2.05) is 47.4 Å². The second kappa shape index (κ2) is 11.3. The molecule has 0 saturated carbocycles. The first-order chi connectivity index (χ1) is 27.1. The maximum absolute atomic E-state index is 9.04. The van der Waals surface area contributed by atoms with Crippen LogP contribution < -0.4 is 4.90 Å². The summed E-state index contributed by atoms with van der Waals surface area (Å²) in [5.41, 5.74) is 11.2. The Labute approximate surface area is 305 Å². The largest absolute Gasteiger partial charge is 0.310 e. The molecule has 1 aliphatic carbocycles. The smallest absolute Gasteiger partial charge is 0.0645 e. The number of fused-ring (bicyclic) bond motifs is 7. The van der Waals surface area contributed by atoms with Crippen molar-refractivity contribution in [2.24, 2.45) is 0 Å². The molecule has 0 atom stereocenters. The summed E-state index contributed by atoms with van der Waals surface area (Å²) in [6.45, 7) is 4.48. The van der Waals surface area contributed by atoms with E-state index in [2.05, 4.69) is 128 Å². The maximum Gasteiger partial charge on any atom is 0.0645 e. The van der Waals surface area contributed by atoms with Crippen molar-refractivity contribution >= 4 is 49.6 Å². The topological polar surface area (TPSA) is 8.17 Å². The molecule has 1 aliphatic rings. The van der Waals surface area contributed by atoms with Crippen molar-refractivity contribution in [1.29, 1.82) is 0 Å². The zero-order valence-corrected chi connectivity index (χ0v) is 28.3. The van der Waals surface area contributed by atoms with E-state index >= 15 is 0 Å². The van der Waals surface area contributed by atoms with Gasteiger partial charge >= 0.3 is 0 Å². The Bertz CT molecular complexity index is 2990. The highest BCUT2D eigenvalue weighted by Crippen LogP contribution is 2.51. The van der Waals surface area contributed by atoms with Gasteiger partial charge in [0.1, 0.15) is 0 Å². The molecule has 2 nitrogen and oxygen atoms in total. The number of nitrogens with zero attached hydrogens (tertiary/aromatic N) is 2. The summed E-state index contributed by atoms with van der Waals surface area (Å²) in [6, 6.07) is 51.1. The number of hydrogen-bond donors (Lipinski definition) is 0. The number of aromatic nitrogens is 1. The molecule has 1 aromatic heterocycles. The molecule has 10 rings (SSSR count). The lowest BCUT2D eigenvalue weighted by Gasteiger charge is -2.28. The first-order valence-corrected chi connectivity index (χ1v) is 17.4. The molecular formula is C49H36N2. The summed E-state index contributed by atoms with van der Waals surface area (Å²) in [7, 11) is 0. The Morgan fingerprint density at radius 3 is 1.80 bits per heavy atom. The van der Waals surface area contributed by atoms with Crippen molar-refractivity contribution in [3.8, 4) is 27.9 Å². The van der Waals surface area contributed by atoms with Crippen molar-refractivity contribution in [2.75, 3.05) is 4.90 Å². The zero-order chi connectivity index (χ0) is 38.5. The predicted octanol–water partition coefficient (Wildman–Crippen LogP) is 13.4. The second-order valence-electron chi connectivity index (χ2n) is 13.9. The van der Waals surface area contributed by atoms with Crippen LogP contribution in [-0.4, -0.2) is 4.57 Å². The Kier molecular flexibility index (Phi) is 5.49. The van der Waals surface area contributed by atoms with Crippen LogP contribution in [0.1, 0.15) is 31.8 Å². The van der Waals surface area contributed by atoms with Crippen LogP contribution in [0.4, 0.5) is 17.1 Å². The summed E-state index contributed by atoms with van der Waals surface area (Å²) in [5, 5.41) is 4.76. The number of hydrogen-bond acceptors (Lipinski definition) is 1. The average molecular weight is 658 g/mol. The van der Waals surface area contributed by atoms with E-state index in [1.54, 1.807) is 0 Å². The molecule has 0 spiro atoms. The summed E-state index contributed by atoms with van der Waals surface area (Å²) in [6.07, 6.45) is 0. The number of benzene rings is 8. The van der Waals surface area contributed by atoms with Gasteiger partial charge in [0, 0.05) is 38.9 Å². The number of anilines is 3. The van der Waals surface area contributed by atoms with Gasteiger partial charge in [-0.15, -0.1) is 0 Å². The Hall–Kier alpha value is -6.38. The van der Waals surface area contributed by atoms with E-state index < -0.39 is 11.5 Å². The van der Waals surface area contributed by atoms with Gasteiger partial charge in [0.2, 0.25) is 0 Å². The van der Waals surface area contributed by atoms with Gasteiger partial charge in [-0.25, -0.2) is 0 Å². The van der Waals surface area contributed by atoms with Gasteiger partial charge in [0.15, 0.2) is 0 Å². The van der Waals surface area contributed by atoms with Gasteiger partial charge in [0.05, 0.1) is 17.9 Å². The third-order valence-corrected chi connectivity index (χ3v) is 10.7. The second-order valence-corrected chi connectivity index (χ2v) is 13.9. The van der Waals surface area contributed by atoms with Crippen molar-refractivity contribution in [1.82, 2.24) is 4.57 Å². The molecule has 8 aromatic carbocycles. The standard InChI is InChI=1S/C49H36N2/c1-49(2)45-31-39(50(37-14-4-3-5-15-37)38-24-22-34(23-25-38)36-21-20-33-12-6-7-13-35(33)30-36)26-28-41(45)42-29-27-40(32-46(42)49)51-47-18-10-8-16-43(47)44-17-9-11-19-48(44)51/h3-32H,1-2H3/i3D,4D,5D,14D,15D. The fourth-order valence-electron chi connectivity index (χ4n) is 8.13. The van der Waals surface area contributed by atoms with Crippen molar-refractivity contribution in [2.45, 2.75) is 19.3 Å². The fourth-order valence-corrected chi connectivity index (χ4v) is 8.13. The van der Waals surface area contributed by atoms with Gasteiger partial charge < -0.3 is 9.47 Å². The average Bonchev–Trinajstić information content (AvgIpc) is 3.68. The van der Waals surface area contributed by atoms with Crippen molar-refractivity contribution in [3.63, 3.8) is 0 Å². The van der Waals surface area contributed by atoms with E-state index in [9.17, 15) is 0 Å². The lowest BCUT2D eigenvalue weighted by atomic mass is 9.82. The molecule has 1 heterocycles. The lowest BCUT2D eigenvalue weighted by molar-refractivity contribution is 0.660. The fraction of sp³-hybridized carbons (Fsp3) is 0.0612. The molecule has 0 bridgehead atoms. The van der Waals surface area contributed by atoms with Gasteiger partial charge in [-0.3, -0.25) is 0 Å². The van der Waals surface area contributed by atoms with Crippen LogP contribution in [-0.2, 0) is 5.41 Å². The van der Waals surface area contributed by atoms with Gasteiger partial charge in [-0.1, -0.05) is 129 Å². The molecule has 51 heavy (non-hydrogen) atoms. The molecule has 2 heteroatoms. The monoisotopic (exact) mass is 657 g/mol. The van der Waals surface area contributed by atoms with Crippen molar-refractivity contribution < 1.29 is 6.85 Å². The van der Waals surface area contributed by atoms with Crippen LogP contribution in [0.5, 0.6) is 0 Å². The van der Waals surface area contributed by atoms with Crippen molar-refractivity contribution in [3.05, 3.63) is 193 Å². The minimum absolute atomic E-state index is 0.108. The van der Waals surface area contributed by atoms with Crippen LogP contribution in [0.25, 0.3) is 60.5 Å². The Morgan fingerprint density at radius 2 is 1.08 bits per heavy atom. The SMILES string of the molecule is [2H]c1c([2H])c([2H])c(N(c2ccc(-c3ccc4ccccc4c3)cc2)c2ccc3c(c2)C(C)(C)c2cc(-n4c5ccccc5c5ccccc54)ccc2-3)c([2H])c1[2H]. The predicted molar refractivity (Wildman–Crippen MR) is 216 cm³/mol. The van der Waals surface area contributed by atoms with E-state index in [4.69, 9.17) is 6.85 Å². The summed E-state index contributed by atoms with van der Waals surface area (Å²) < 4.78 is 45.9. The quantitative estimate of drug-likeness (QED) is 0.179. The Balaban J connectivity index is 1.11. The van der Waals surface area contributed by atoms with Crippen LogP contribution in [0.2, 0.25) is 0 Å². The first kappa shape index (κ1) is 24.7. The molecule has 0 unspecified atom stereocenters. The molecule has 0 N–H and O–H groups in total. The third kappa shape index (κ3) is 4.64. The van der Waals surface area contributed by atoms with Crippen LogP contribution >= 0.6 is 0 Å². The molecule has 0 fully saturated rings. The highest BCUT2D eigenvalue weighted by atomic mass is 15.1. The molecule has 9 aromatic rings.